The summed E-state index contributed by atoms with van der Waals surface area (Å²) < 4.78 is 33.4. The minimum atomic E-state index is -1.02. The second-order valence-corrected chi connectivity index (χ2v) is 4.59. The van der Waals surface area contributed by atoms with Crippen molar-refractivity contribution in [1.82, 2.24) is 9.78 Å². The lowest BCUT2D eigenvalue weighted by Crippen LogP contribution is -2.07. The Kier molecular flexibility index (Phi) is 4.04. The van der Waals surface area contributed by atoms with Crippen LogP contribution in [0.2, 0.25) is 0 Å². The fourth-order valence-electron chi connectivity index (χ4n) is 2.29. The zero-order valence-corrected chi connectivity index (χ0v) is 11.5. The van der Waals surface area contributed by atoms with Crippen LogP contribution < -0.4 is 4.74 Å². The molecule has 6 heteroatoms. The van der Waals surface area contributed by atoms with E-state index < -0.39 is 17.7 Å². The van der Waals surface area contributed by atoms with Crippen LogP contribution in [0.1, 0.15) is 22.9 Å². The van der Waals surface area contributed by atoms with Crippen LogP contribution in [0, 0.1) is 18.6 Å². The zero-order valence-electron chi connectivity index (χ0n) is 11.5. The molecular formula is C14H16F2N2O2. The number of aliphatic hydroxyl groups excluding tert-OH is 1. The topological polar surface area (TPSA) is 47.3 Å². The molecule has 1 aromatic carbocycles. The van der Waals surface area contributed by atoms with E-state index in [1.54, 1.807) is 14.0 Å². The van der Waals surface area contributed by atoms with Crippen molar-refractivity contribution in [2.75, 3.05) is 7.11 Å². The number of hydrogen-bond donors (Lipinski definition) is 1. The van der Waals surface area contributed by atoms with Crippen molar-refractivity contribution in [2.24, 2.45) is 7.05 Å². The highest BCUT2D eigenvalue weighted by atomic mass is 19.1. The summed E-state index contributed by atoms with van der Waals surface area (Å²) in [5.41, 5.74) is 1.19. The summed E-state index contributed by atoms with van der Waals surface area (Å²) in [7, 11) is 3.15. The number of aryl methyl sites for hydroxylation is 2. The molecule has 0 aliphatic heterocycles. The average Bonchev–Trinajstić information content (AvgIpc) is 2.68. The average molecular weight is 282 g/mol. The van der Waals surface area contributed by atoms with Gasteiger partial charge in [0.1, 0.15) is 11.6 Å². The van der Waals surface area contributed by atoms with Crippen LogP contribution in [0.25, 0.3) is 0 Å². The van der Waals surface area contributed by atoms with Crippen LogP contribution in [0.5, 0.6) is 5.88 Å². The zero-order chi connectivity index (χ0) is 14.9. The standard InChI is InChI=1S/C14H16F2N2O2/c1-8-13(14(20-3)18(2)17-8)12(19)7-9-6-10(15)4-5-11(9)16/h4-6,12,19H,7H2,1-3H3. The van der Waals surface area contributed by atoms with Gasteiger partial charge in [-0.05, 0) is 30.7 Å². The van der Waals surface area contributed by atoms with Gasteiger partial charge in [-0.15, -0.1) is 0 Å². The van der Waals surface area contributed by atoms with E-state index in [1.807, 2.05) is 0 Å². The van der Waals surface area contributed by atoms with Crippen LogP contribution in [-0.2, 0) is 13.5 Å². The first kappa shape index (κ1) is 14.5. The molecular weight excluding hydrogens is 266 g/mol. The van der Waals surface area contributed by atoms with Crippen molar-refractivity contribution in [2.45, 2.75) is 19.4 Å². The normalized spacial score (nSPS) is 12.5. The first-order chi connectivity index (χ1) is 9.43. The molecule has 20 heavy (non-hydrogen) atoms. The van der Waals surface area contributed by atoms with E-state index in [0.717, 1.165) is 18.2 Å². The van der Waals surface area contributed by atoms with Gasteiger partial charge in [-0.2, -0.15) is 5.10 Å². The third-order valence-electron chi connectivity index (χ3n) is 3.16. The Balaban J connectivity index is 2.33. The van der Waals surface area contributed by atoms with Gasteiger partial charge in [-0.25, -0.2) is 13.5 Å². The van der Waals surface area contributed by atoms with Crippen molar-refractivity contribution >= 4 is 0 Å². The number of ether oxygens (including phenoxy) is 1. The third-order valence-corrected chi connectivity index (χ3v) is 3.16. The van der Waals surface area contributed by atoms with Crippen molar-refractivity contribution in [3.63, 3.8) is 0 Å². The SMILES string of the molecule is COc1c(C(O)Cc2cc(F)ccc2F)c(C)nn1C. The van der Waals surface area contributed by atoms with E-state index in [9.17, 15) is 13.9 Å². The van der Waals surface area contributed by atoms with Crippen LogP contribution in [0.4, 0.5) is 8.78 Å². The summed E-state index contributed by atoms with van der Waals surface area (Å²) in [6, 6.07) is 3.17. The molecule has 1 heterocycles. The lowest BCUT2D eigenvalue weighted by molar-refractivity contribution is 0.171. The van der Waals surface area contributed by atoms with Crippen molar-refractivity contribution in [3.05, 3.63) is 46.7 Å². The summed E-state index contributed by atoms with van der Waals surface area (Å²) in [6.07, 6.45) is -1.07. The molecule has 1 unspecified atom stereocenters. The number of aromatic nitrogens is 2. The predicted molar refractivity (Wildman–Crippen MR) is 69.5 cm³/mol. The Bertz CT molecular complexity index is 626. The van der Waals surface area contributed by atoms with E-state index in [2.05, 4.69) is 5.10 Å². The van der Waals surface area contributed by atoms with Gasteiger partial charge in [0.15, 0.2) is 0 Å². The summed E-state index contributed by atoms with van der Waals surface area (Å²) >= 11 is 0. The molecule has 0 spiro atoms. The molecule has 0 aliphatic rings. The van der Waals surface area contributed by atoms with Gasteiger partial charge >= 0.3 is 0 Å². The van der Waals surface area contributed by atoms with Gasteiger partial charge in [0.05, 0.1) is 24.5 Å². The van der Waals surface area contributed by atoms with Crippen molar-refractivity contribution in [3.8, 4) is 5.88 Å². The Labute approximate surface area is 115 Å². The van der Waals surface area contributed by atoms with Crippen LogP contribution >= 0.6 is 0 Å². The molecule has 1 aromatic heterocycles. The summed E-state index contributed by atoms with van der Waals surface area (Å²) in [6.45, 7) is 1.73. The van der Waals surface area contributed by atoms with Gasteiger partial charge in [-0.3, -0.25) is 0 Å². The summed E-state index contributed by atoms with van der Waals surface area (Å²) in [5, 5.41) is 14.4. The molecule has 2 aromatic rings. The smallest absolute Gasteiger partial charge is 0.217 e. The molecule has 0 aliphatic carbocycles. The molecule has 108 valence electrons. The molecule has 0 amide bonds. The number of hydrogen-bond acceptors (Lipinski definition) is 3. The number of methoxy groups -OCH3 is 1. The first-order valence-corrected chi connectivity index (χ1v) is 6.13. The number of rotatable bonds is 4. The van der Waals surface area contributed by atoms with Gasteiger partial charge in [0.25, 0.3) is 0 Å². The molecule has 1 N–H and O–H groups in total. The molecule has 1 atom stereocenters. The van der Waals surface area contributed by atoms with E-state index in [0.29, 0.717) is 17.1 Å². The molecule has 2 rings (SSSR count). The predicted octanol–water partition coefficient (Wildman–Crippen LogP) is 2.29. The van der Waals surface area contributed by atoms with E-state index in [-0.39, 0.29) is 12.0 Å². The second kappa shape index (κ2) is 5.58. The molecule has 0 bridgehead atoms. The van der Waals surface area contributed by atoms with E-state index in [4.69, 9.17) is 4.74 Å². The molecule has 0 radical (unpaired) electrons. The van der Waals surface area contributed by atoms with Crippen LogP contribution in [-0.4, -0.2) is 22.0 Å². The van der Waals surface area contributed by atoms with E-state index >= 15 is 0 Å². The minimum absolute atomic E-state index is 0.0491. The molecule has 0 saturated carbocycles. The number of nitrogens with zero attached hydrogens (tertiary/aromatic N) is 2. The lowest BCUT2D eigenvalue weighted by atomic mass is 10.0. The maximum absolute atomic E-state index is 13.6. The monoisotopic (exact) mass is 282 g/mol. The highest BCUT2D eigenvalue weighted by Gasteiger charge is 2.22. The number of halogens is 2. The van der Waals surface area contributed by atoms with Crippen LogP contribution in [0.3, 0.4) is 0 Å². The Hall–Kier alpha value is -1.95. The quantitative estimate of drug-likeness (QED) is 0.936. The molecule has 0 saturated heterocycles. The third kappa shape index (κ3) is 2.65. The lowest BCUT2D eigenvalue weighted by Gasteiger charge is -2.13. The highest BCUT2D eigenvalue weighted by Crippen LogP contribution is 2.30. The maximum atomic E-state index is 13.6. The maximum Gasteiger partial charge on any atom is 0.217 e. The van der Waals surface area contributed by atoms with Crippen molar-refractivity contribution in [1.29, 1.82) is 0 Å². The minimum Gasteiger partial charge on any atom is -0.481 e. The van der Waals surface area contributed by atoms with Crippen molar-refractivity contribution < 1.29 is 18.6 Å². The number of aliphatic hydroxyl groups is 1. The van der Waals surface area contributed by atoms with Gasteiger partial charge in [0, 0.05) is 13.5 Å². The Morgan fingerprint density at radius 1 is 1.40 bits per heavy atom. The molecule has 0 fully saturated rings. The van der Waals surface area contributed by atoms with Gasteiger partial charge in [0.2, 0.25) is 5.88 Å². The first-order valence-electron chi connectivity index (χ1n) is 6.13. The Morgan fingerprint density at radius 2 is 2.10 bits per heavy atom. The fraction of sp³-hybridized carbons (Fsp3) is 0.357. The largest absolute Gasteiger partial charge is 0.481 e. The fourth-order valence-corrected chi connectivity index (χ4v) is 2.29. The van der Waals surface area contributed by atoms with Gasteiger partial charge < -0.3 is 9.84 Å². The van der Waals surface area contributed by atoms with Gasteiger partial charge in [-0.1, -0.05) is 0 Å². The Morgan fingerprint density at radius 3 is 2.75 bits per heavy atom. The number of benzene rings is 1. The second-order valence-electron chi connectivity index (χ2n) is 4.59. The summed E-state index contributed by atoms with van der Waals surface area (Å²) in [4.78, 5) is 0. The summed E-state index contributed by atoms with van der Waals surface area (Å²) in [5.74, 6) is -0.679. The van der Waals surface area contributed by atoms with Crippen LogP contribution in [0.15, 0.2) is 18.2 Å². The highest BCUT2D eigenvalue weighted by molar-refractivity contribution is 5.34. The molecule has 4 nitrogen and oxygen atoms in total. The van der Waals surface area contributed by atoms with E-state index in [1.165, 1.54) is 11.8 Å².